The monoisotopic (exact) mass is 425 g/mol. The second-order valence-corrected chi connectivity index (χ2v) is 8.63. The fourth-order valence-electron chi connectivity index (χ4n) is 4.25. The van der Waals surface area contributed by atoms with Gasteiger partial charge in [0.1, 0.15) is 0 Å². The number of aromatic nitrogens is 4. The molecule has 0 bridgehead atoms. The zero-order chi connectivity index (χ0) is 20.6. The summed E-state index contributed by atoms with van der Waals surface area (Å²) in [5.41, 5.74) is 11.5. The van der Waals surface area contributed by atoms with Gasteiger partial charge in [0, 0.05) is 30.2 Å². The van der Waals surface area contributed by atoms with E-state index in [1.807, 2.05) is 4.90 Å². The number of alkyl halides is 3. The van der Waals surface area contributed by atoms with Crippen LogP contribution in [0.5, 0.6) is 0 Å². The zero-order valence-electron chi connectivity index (χ0n) is 15.7. The van der Waals surface area contributed by atoms with Gasteiger partial charge in [-0.25, -0.2) is 0 Å². The Hall–Kier alpha value is -2.14. The minimum absolute atomic E-state index is 0.0508. The van der Waals surface area contributed by atoms with Crippen molar-refractivity contribution in [1.82, 2.24) is 20.2 Å². The first kappa shape index (κ1) is 20.1. The Bertz CT molecular complexity index is 884. The van der Waals surface area contributed by atoms with Gasteiger partial charge in [-0.05, 0) is 43.2 Å². The average Bonchev–Trinajstić information content (AvgIpc) is 3.03. The minimum Gasteiger partial charge on any atom is -0.381 e. The summed E-state index contributed by atoms with van der Waals surface area (Å²) in [5.74, 6) is 0.449. The van der Waals surface area contributed by atoms with Gasteiger partial charge in [-0.2, -0.15) is 18.2 Å². The van der Waals surface area contributed by atoms with Gasteiger partial charge >= 0.3 is 6.18 Å². The minimum atomic E-state index is -4.57. The van der Waals surface area contributed by atoms with Gasteiger partial charge < -0.3 is 16.4 Å². The Morgan fingerprint density at radius 2 is 1.93 bits per heavy atom. The number of hydrogen-bond acceptors (Lipinski definition) is 8. The number of piperidine rings is 1. The van der Waals surface area contributed by atoms with Crippen LogP contribution in [0.1, 0.15) is 37.8 Å². The van der Waals surface area contributed by atoms with Crippen LogP contribution in [0.15, 0.2) is 28.3 Å². The van der Waals surface area contributed by atoms with Gasteiger partial charge in [0.25, 0.3) is 0 Å². The highest BCUT2D eigenvalue weighted by Gasteiger charge is 2.43. The summed E-state index contributed by atoms with van der Waals surface area (Å²) in [6.45, 7) is 1.53. The second kappa shape index (κ2) is 7.60. The van der Waals surface area contributed by atoms with E-state index >= 15 is 0 Å². The fraction of sp³-hybridized carbons (Fsp3) is 0.556. The smallest absolute Gasteiger partial charge is 0.381 e. The lowest BCUT2D eigenvalue weighted by atomic mass is 9.74. The normalized spacial score (nSPS) is 21.7. The van der Waals surface area contributed by atoms with Crippen molar-refractivity contribution in [1.29, 1.82) is 0 Å². The van der Waals surface area contributed by atoms with Crippen LogP contribution in [0, 0.1) is 5.41 Å². The van der Waals surface area contributed by atoms with Crippen molar-refractivity contribution in [3.8, 4) is 0 Å². The molecule has 1 spiro atoms. The van der Waals surface area contributed by atoms with Crippen molar-refractivity contribution < 1.29 is 13.2 Å². The van der Waals surface area contributed by atoms with Crippen molar-refractivity contribution in [2.45, 2.75) is 54.2 Å². The van der Waals surface area contributed by atoms with Crippen molar-refractivity contribution in [3.63, 3.8) is 0 Å². The standard InChI is InChI=1S/C18H22F3N7S/c19-18(20,21)13-11(3-2-8-24-13)29-15-14(23)25-16(27-26-15)28-9-6-17(7-10-28)5-1-4-12(17)22/h2-3,8,12H,1,4-7,9-10,22H2,(H2,23,25,27). The summed E-state index contributed by atoms with van der Waals surface area (Å²) in [6, 6.07) is 3.00. The van der Waals surface area contributed by atoms with Crippen molar-refractivity contribution in [2.75, 3.05) is 23.7 Å². The van der Waals surface area contributed by atoms with Crippen molar-refractivity contribution >= 4 is 23.5 Å². The third-order valence-electron chi connectivity index (χ3n) is 5.93. The highest BCUT2D eigenvalue weighted by molar-refractivity contribution is 7.99. The molecule has 0 amide bonds. The number of pyridine rings is 1. The van der Waals surface area contributed by atoms with E-state index in [1.54, 1.807) is 0 Å². The summed E-state index contributed by atoms with van der Waals surface area (Å²) < 4.78 is 39.4. The molecule has 1 saturated carbocycles. The van der Waals surface area contributed by atoms with E-state index in [2.05, 4.69) is 20.2 Å². The van der Waals surface area contributed by atoms with Crippen LogP contribution in [0.3, 0.4) is 0 Å². The van der Waals surface area contributed by atoms with Crippen LogP contribution in [0.25, 0.3) is 0 Å². The molecule has 1 saturated heterocycles. The van der Waals surface area contributed by atoms with Crippen molar-refractivity contribution in [2.24, 2.45) is 11.1 Å². The maximum absolute atomic E-state index is 13.1. The molecule has 1 aliphatic carbocycles. The topological polar surface area (TPSA) is 107 Å². The van der Waals surface area contributed by atoms with Crippen LogP contribution >= 0.6 is 11.8 Å². The van der Waals surface area contributed by atoms with E-state index in [0.717, 1.165) is 56.7 Å². The number of halogens is 3. The van der Waals surface area contributed by atoms with Crippen LogP contribution in [-0.4, -0.2) is 39.3 Å². The highest BCUT2D eigenvalue weighted by atomic mass is 32.2. The third-order valence-corrected chi connectivity index (χ3v) is 6.97. The Morgan fingerprint density at radius 3 is 2.55 bits per heavy atom. The summed E-state index contributed by atoms with van der Waals surface area (Å²) in [5, 5.41) is 8.28. The molecular formula is C18H22F3N7S. The Morgan fingerprint density at radius 1 is 1.17 bits per heavy atom. The van der Waals surface area contributed by atoms with Gasteiger partial charge in [-0.15, -0.1) is 10.2 Å². The van der Waals surface area contributed by atoms with E-state index in [-0.39, 0.29) is 27.2 Å². The number of nitrogen functional groups attached to an aromatic ring is 1. The molecule has 2 fully saturated rings. The molecule has 1 atom stereocenters. The molecule has 11 heteroatoms. The molecule has 1 unspecified atom stereocenters. The van der Waals surface area contributed by atoms with Crippen LogP contribution in [-0.2, 0) is 6.18 Å². The molecule has 156 valence electrons. The number of rotatable bonds is 3. The van der Waals surface area contributed by atoms with Gasteiger partial charge in [0.15, 0.2) is 16.5 Å². The first-order chi connectivity index (χ1) is 13.8. The van der Waals surface area contributed by atoms with E-state index in [1.165, 1.54) is 18.6 Å². The number of nitrogens with zero attached hydrogens (tertiary/aromatic N) is 5. The summed E-state index contributed by atoms with van der Waals surface area (Å²) >= 11 is 0.760. The van der Waals surface area contributed by atoms with Gasteiger partial charge in [0.05, 0.1) is 0 Å². The molecule has 3 heterocycles. The lowest BCUT2D eigenvalue weighted by molar-refractivity contribution is -0.143. The van der Waals surface area contributed by atoms with Crippen LogP contribution in [0.2, 0.25) is 0 Å². The molecule has 2 aromatic heterocycles. The van der Waals surface area contributed by atoms with Gasteiger partial charge in [0.2, 0.25) is 5.95 Å². The SMILES string of the molecule is Nc1nc(N2CCC3(CCCC3N)CC2)nnc1Sc1cccnc1C(F)(F)F. The highest BCUT2D eigenvalue weighted by Crippen LogP contribution is 2.46. The molecule has 2 aliphatic rings. The van der Waals surface area contributed by atoms with Crippen LogP contribution < -0.4 is 16.4 Å². The van der Waals surface area contributed by atoms with Gasteiger partial charge in [-0.3, -0.25) is 4.98 Å². The Kier molecular flexibility index (Phi) is 5.28. The van der Waals surface area contributed by atoms with E-state index in [0.29, 0.717) is 5.95 Å². The largest absolute Gasteiger partial charge is 0.434 e. The molecule has 7 nitrogen and oxygen atoms in total. The summed E-state index contributed by atoms with van der Waals surface area (Å²) in [6.07, 6.45) is 1.88. The summed E-state index contributed by atoms with van der Waals surface area (Å²) in [4.78, 5) is 9.65. The maximum Gasteiger partial charge on any atom is 0.434 e. The fourth-order valence-corrected chi connectivity index (χ4v) is 5.11. The molecule has 1 aliphatic heterocycles. The van der Waals surface area contributed by atoms with Crippen molar-refractivity contribution in [3.05, 3.63) is 24.0 Å². The molecule has 29 heavy (non-hydrogen) atoms. The van der Waals surface area contributed by atoms with E-state index in [4.69, 9.17) is 11.5 Å². The van der Waals surface area contributed by atoms with Gasteiger partial charge in [-0.1, -0.05) is 18.2 Å². The summed E-state index contributed by atoms with van der Waals surface area (Å²) in [7, 11) is 0. The lowest BCUT2D eigenvalue weighted by Crippen LogP contribution is -2.47. The zero-order valence-corrected chi connectivity index (χ0v) is 16.5. The quantitative estimate of drug-likeness (QED) is 0.773. The predicted octanol–water partition coefficient (Wildman–Crippen LogP) is 3.12. The second-order valence-electron chi connectivity index (χ2n) is 7.60. The molecular weight excluding hydrogens is 403 g/mol. The molecule has 2 aromatic rings. The van der Waals surface area contributed by atoms with Crippen LogP contribution in [0.4, 0.5) is 24.9 Å². The molecule has 0 radical (unpaired) electrons. The molecule has 4 N–H and O–H groups in total. The Balaban J connectivity index is 1.48. The first-order valence-corrected chi connectivity index (χ1v) is 10.3. The average molecular weight is 425 g/mol. The predicted molar refractivity (Wildman–Crippen MR) is 103 cm³/mol. The lowest BCUT2D eigenvalue weighted by Gasteiger charge is -2.42. The van der Waals surface area contributed by atoms with E-state index in [9.17, 15) is 13.2 Å². The Labute approximate surface area is 170 Å². The third kappa shape index (κ3) is 3.97. The molecule has 0 aromatic carbocycles. The molecule has 4 rings (SSSR count). The number of hydrogen-bond donors (Lipinski definition) is 2. The first-order valence-electron chi connectivity index (χ1n) is 9.49. The van der Waals surface area contributed by atoms with E-state index < -0.39 is 11.9 Å². The number of anilines is 2. The maximum atomic E-state index is 13.1. The number of nitrogens with two attached hydrogens (primary N) is 2.